The van der Waals surface area contributed by atoms with Crippen molar-refractivity contribution < 1.29 is 14.7 Å². The lowest BCUT2D eigenvalue weighted by Crippen LogP contribution is -2.53. The Hall–Kier alpha value is -2.16. The fourth-order valence-corrected chi connectivity index (χ4v) is 3.44. The number of hydrogen-bond acceptors (Lipinski definition) is 5. The van der Waals surface area contributed by atoms with Crippen molar-refractivity contribution in [1.82, 2.24) is 20.4 Å². The summed E-state index contributed by atoms with van der Waals surface area (Å²) in [5, 5.41) is 19.0. The van der Waals surface area contributed by atoms with Gasteiger partial charge in [0.25, 0.3) is 5.91 Å². The highest BCUT2D eigenvalue weighted by Crippen LogP contribution is 2.16. The second kappa shape index (κ2) is 8.69. The number of rotatable bonds is 4. The van der Waals surface area contributed by atoms with Crippen LogP contribution >= 0.6 is 0 Å². The van der Waals surface area contributed by atoms with Crippen LogP contribution in [0.5, 0.6) is 0 Å². The summed E-state index contributed by atoms with van der Waals surface area (Å²) >= 11 is 0. The second-order valence-corrected chi connectivity index (χ2v) is 7.49. The largest absolute Gasteiger partial charge is 0.387 e. The highest BCUT2D eigenvalue weighted by Gasteiger charge is 2.29. The maximum atomic E-state index is 12.7. The number of urea groups is 1. The topological polar surface area (TPSA) is 96.9 Å². The van der Waals surface area contributed by atoms with Crippen LogP contribution in [0.15, 0.2) is 24.3 Å². The van der Waals surface area contributed by atoms with Gasteiger partial charge in [-0.15, -0.1) is 0 Å². The second-order valence-electron chi connectivity index (χ2n) is 7.49. The molecule has 0 bridgehead atoms. The van der Waals surface area contributed by atoms with Crippen molar-refractivity contribution in [2.24, 2.45) is 0 Å². The molecule has 0 radical (unpaired) electrons. The molecule has 0 spiro atoms. The van der Waals surface area contributed by atoms with E-state index >= 15 is 0 Å². The molecular weight excluding hydrogens is 346 g/mol. The average Bonchev–Trinajstić information content (AvgIpc) is 2.67. The van der Waals surface area contributed by atoms with E-state index in [2.05, 4.69) is 20.9 Å². The third kappa shape index (κ3) is 5.41. The number of amides is 3. The fraction of sp³-hybridized carbons (Fsp3) is 0.579. The molecule has 3 rings (SSSR count). The van der Waals surface area contributed by atoms with Crippen molar-refractivity contribution in [3.63, 3.8) is 0 Å². The van der Waals surface area contributed by atoms with Crippen molar-refractivity contribution in [3.05, 3.63) is 29.8 Å². The standard InChI is InChI=1S/C19H29N5O3/c1-23-8-10-24(11-9-23)17(25)15-4-2-5-16(12-15)22-18(26)21-14-19(27)6-3-7-20-13-19/h2,4-5,12,20,27H,3,6-11,13-14H2,1H3,(H2,21,22,26)/t19-/m0/s1. The van der Waals surface area contributed by atoms with E-state index in [1.54, 1.807) is 24.3 Å². The Balaban J connectivity index is 1.53. The summed E-state index contributed by atoms with van der Waals surface area (Å²) in [4.78, 5) is 28.9. The van der Waals surface area contributed by atoms with Gasteiger partial charge >= 0.3 is 6.03 Å². The van der Waals surface area contributed by atoms with Gasteiger partial charge in [-0.3, -0.25) is 4.79 Å². The van der Waals surface area contributed by atoms with Gasteiger partial charge in [0.15, 0.2) is 0 Å². The molecule has 148 valence electrons. The van der Waals surface area contributed by atoms with Crippen molar-refractivity contribution >= 4 is 17.6 Å². The third-order valence-corrected chi connectivity index (χ3v) is 5.19. The van der Waals surface area contributed by atoms with E-state index in [4.69, 9.17) is 0 Å². The van der Waals surface area contributed by atoms with E-state index in [1.165, 1.54) is 0 Å². The Bertz CT molecular complexity index is 667. The first-order chi connectivity index (χ1) is 13.0. The van der Waals surface area contributed by atoms with E-state index in [0.717, 1.165) is 26.1 Å². The van der Waals surface area contributed by atoms with Crippen molar-refractivity contribution in [2.45, 2.75) is 18.4 Å². The van der Waals surface area contributed by atoms with E-state index < -0.39 is 11.6 Å². The molecule has 1 atom stereocenters. The molecule has 3 amide bonds. The van der Waals surface area contributed by atoms with Crippen LogP contribution in [-0.4, -0.2) is 85.3 Å². The van der Waals surface area contributed by atoms with Gasteiger partial charge in [-0.25, -0.2) is 4.79 Å². The Morgan fingerprint density at radius 3 is 2.74 bits per heavy atom. The molecule has 8 heteroatoms. The van der Waals surface area contributed by atoms with Gasteiger partial charge in [0, 0.05) is 50.5 Å². The first kappa shape index (κ1) is 19.6. The fourth-order valence-electron chi connectivity index (χ4n) is 3.44. The quantitative estimate of drug-likeness (QED) is 0.607. The van der Waals surface area contributed by atoms with Crippen LogP contribution in [0, 0.1) is 0 Å². The summed E-state index contributed by atoms with van der Waals surface area (Å²) in [5.41, 5.74) is 0.211. The highest BCUT2D eigenvalue weighted by atomic mass is 16.3. The molecule has 0 unspecified atom stereocenters. The van der Waals surface area contributed by atoms with Crippen LogP contribution in [0.25, 0.3) is 0 Å². The zero-order valence-corrected chi connectivity index (χ0v) is 15.8. The summed E-state index contributed by atoms with van der Waals surface area (Å²) in [6.07, 6.45) is 1.55. The van der Waals surface area contributed by atoms with Gasteiger partial charge in [-0.05, 0) is 44.6 Å². The number of aliphatic hydroxyl groups is 1. The lowest BCUT2D eigenvalue weighted by atomic mass is 9.94. The molecule has 2 heterocycles. The van der Waals surface area contributed by atoms with Gasteiger partial charge < -0.3 is 30.9 Å². The third-order valence-electron chi connectivity index (χ3n) is 5.19. The summed E-state index contributed by atoms with van der Waals surface area (Å²) in [6, 6.07) is 6.57. The van der Waals surface area contributed by atoms with Gasteiger partial charge in [0.05, 0.1) is 5.60 Å². The van der Waals surface area contributed by atoms with Crippen LogP contribution in [0.4, 0.5) is 10.5 Å². The molecule has 2 saturated heterocycles. The smallest absolute Gasteiger partial charge is 0.319 e. The number of anilines is 1. The summed E-state index contributed by atoms with van der Waals surface area (Å²) < 4.78 is 0. The van der Waals surface area contributed by atoms with Gasteiger partial charge in [0.1, 0.15) is 0 Å². The van der Waals surface area contributed by atoms with Gasteiger partial charge in [-0.1, -0.05) is 6.07 Å². The average molecular weight is 375 g/mol. The van der Waals surface area contributed by atoms with Crippen LogP contribution in [0.3, 0.4) is 0 Å². The molecule has 4 N–H and O–H groups in total. The number of β-amino-alcohol motifs (C(OH)–C–C–N with tert-alkyl or cyclic N) is 1. The van der Waals surface area contributed by atoms with E-state index in [-0.39, 0.29) is 12.5 Å². The molecule has 0 aromatic heterocycles. The molecule has 2 aliphatic heterocycles. The monoisotopic (exact) mass is 375 g/mol. The Morgan fingerprint density at radius 1 is 1.26 bits per heavy atom. The van der Waals surface area contributed by atoms with Crippen LogP contribution in [0.2, 0.25) is 0 Å². The predicted octanol–water partition coefficient (Wildman–Crippen LogP) is 0.310. The van der Waals surface area contributed by atoms with Crippen LogP contribution in [-0.2, 0) is 0 Å². The molecule has 0 saturated carbocycles. The molecule has 0 aliphatic carbocycles. The number of likely N-dealkylation sites (N-methyl/N-ethyl adjacent to an activating group) is 1. The number of piperidine rings is 1. The van der Waals surface area contributed by atoms with Crippen LogP contribution < -0.4 is 16.0 Å². The molecule has 27 heavy (non-hydrogen) atoms. The minimum absolute atomic E-state index is 0.0188. The first-order valence-electron chi connectivity index (χ1n) is 9.51. The minimum Gasteiger partial charge on any atom is -0.387 e. The van der Waals surface area contributed by atoms with Gasteiger partial charge in [-0.2, -0.15) is 0 Å². The Kier molecular flexibility index (Phi) is 6.30. The SMILES string of the molecule is CN1CCN(C(=O)c2cccc(NC(=O)NC[C@]3(O)CCCNC3)c2)CC1. The molecule has 2 fully saturated rings. The van der Waals surface area contributed by atoms with E-state index in [1.807, 2.05) is 11.9 Å². The zero-order valence-electron chi connectivity index (χ0n) is 15.8. The number of nitrogens with one attached hydrogen (secondary N) is 3. The lowest BCUT2D eigenvalue weighted by Gasteiger charge is -2.32. The molecule has 2 aliphatic rings. The Morgan fingerprint density at radius 2 is 2.04 bits per heavy atom. The Labute approximate surface area is 159 Å². The molecule has 1 aromatic carbocycles. The normalized spacial score (nSPS) is 23.7. The number of hydrogen-bond donors (Lipinski definition) is 4. The maximum absolute atomic E-state index is 12.7. The van der Waals surface area contributed by atoms with Gasteiger partial charge in [0.2, 0.25) is 0 Å². The first-order valence-corrected chi connectivity index (χ1v) is 9.51. The maximum Gasteiger partial charge on any atom is 0.319 e. The molecular formula is C19H29N5O3. The highest BCUT2D eigenvalue weighted by molar-refractivity contribution is 5.97. The van der Waals surface area contributed by atoms with Crippen LogP contribution in [0.1, 0.15) is 23.2 Å². The number of benzene rings is 1. The number of nitrogens with zero attached hydrogens (tertiary/aromatic N) is 2. The minimum atomic E-state index is -0.908. The summed E-state index contributed by atoms with van der Waals surface area (Å²) in [7, 11) is 2.05. The van der Waals surface area contributed by atoms with E-state index in [0.29, 0.717) is 37.3 Å². The number of piperazine rings is 1. The summed E-state index contributed by atoms with van der Waals surface area (Å²) in [5.74, 6) is -0.0188. The number of carbonyl (C=O) groups excluding carboxylic acids is 2. The van der Waals surface area contributed by atoms with Crippen molar-refractivity contribution in [3.8, 4) is 0 Å². The lowest BCUT2D eigenvalue weighted by molar-refractivity contribution is 0.0198. The van der Waals surface area contributed by atoms with Crippen molar-refractivity contribution in [1.29, 1.82) is 0 Å². The predicted molar refractivity (Wildman–Crippen MR) is 104 cm³/mol. The summed E-state index contributed by atoms with van der Waals surface area (Å²) in [6.45, 7) is 4.70. The van der Waals surface area contributed by atoms with E-state index in [9.17, 15) is 14.7 Å². The van der Waals surface area contributed by atoms with Crippen molar-refractivity contribution in [2.75, 3.05) is 58.2 Å². The molecule has 8 nitrogen and oxygen atoms in total. The number of carbonyl (C=O) groups is 2. The molecule has 1 aromatic rings. The zero-order chi connectivity index (χ0) is 19.3.